The Morgan fingerprint density at radius 2 is 1.62 bits per heavy atom. The number of hydrogen-bond donors (Lipinski definition) is 3. The summed E-state index contributed by atoms with van der Waals surface area (Å²) in [7, 11) is 0. The maximum atomic E-state index is 14.6. The molecule has 0 saturated heterocycles. The van der Waals surface area contributed by atoms with Crippen LogP contribution in [0.2, 0.25) is 0 Å². The van der Waals surface area contributed by atoms with Gasteiger partial charge in [0.1, 0.15) is 30.8 Å². The van der Waals surface area contributed by atoms with Gasteiger partial charge < -0.3 is 39.3 Å². The lowest BCUT2D eigenvalue weighted by Gasteiger charge is -2.59. The number of benzene rings is 4. The van der Waals surface area contributed by atoms with Crippen LogP contribution in [0.1, 0.15) is 86.5 Å². The number of nitro groups is 1. The number of allylic oxidation sites excluding steroid dienone is 1. The fraction of sp³-hybridized carbons (Fsp3) is 0.415. The van der Waals surface area contributed by atoms with Crippen LogP contribution in [0.5, 0.6) is 11.5 Å². The third-order valence-corrected chi connectivity index (χ3v) is 13.0. The summed E-state index contributed by atoms with van der Waals surface area (Å²) in [6.45, 7) is 6.76. The molecule has 0 spiro atoms. The molecule has 4 aromatic carbocycles. The highest BCUT2D eigenvalue weighted by molar-refractivity contribution is 6.03. The first-order chi connectivity index (χ1) is 33.2. The fourth-order valence-electron chi connectivity index (χ4n) is 9.94. The van der Waals surface area contributed by atoms with E-state index >= 15 is 0 Å². The number of rotatable bonds is 23. The summed E-state index contributed by atoms with van der Waals surface area (Å²) in [5.41, 5.74) is 4.55. The summed E-state index contributed by atoms with van der Waals surface area (Å²) in [6, 6.07) is 29.6. The Morgan fingerprint density at radius 1 is 0.926 bits per heavy atom. The molecule has 1 fully saturated rings. The van der Waals surface area contributed by atoms with Crippen LogP contribution < -0.4 is 14.8 Å². The minimum Gasteiger partial charge on any atom is -0.459 e. The average molecular weight is 931 g/mol. The van der Waals surface area contributed by atoms with Gasteiger partial charge in [0.2, 0.25) is 5.79 Å². The predicted molar refractivity (Wildman–Crippen MR) is 256 cm³/mol. The molecule has 15 heteroatoms. The smallest absolute Gasteiger partial charge is 0.412 e. The van der Waals surface area contributed by atoms with Gasteiger partial charge in [0.15, 0.2) is 0 Å². The largest absolute Gasteiger partial charge is 0.459 e. The highest BCUT2D eigenvalue weighted by atomic mass is 16.7. The molecule has 7 rings (SSSR count). The van der Waals surface area contributed by atoms with E-state index in [2.05, 4.69) is 18.0 Å². The third-order valence-electron chi connectivity index (χ3n) is 13.0. The van der Waals surface area contributed by atoms with Crippen LogP contribution in [0, 0.1) is 27.9 Å². The van der Waals surface area contributed by atoms with Gasteiger partial charge in [-0.05, 0) is 96.5 Å². The quantitative estimate of drug-likeness (QED) is 0.0278. The zero-order chi connectivity index (χ0) is 47.9. The van der Waals surface area contributed by atoms with Crippen LogP contribution in [-0.4, -0.2) is 76.1 Å². The van der Waals surface area contributed by atoms with Crippen LogP contribution >= 0.6 is 0 Å². The molecule has 1 aliphatic heterocycles. The van der Waals surface area contributed by atoms with Crippen molar-refractivity contribution in [2.45, 2.75) is 95.8 Å². The maximum Gasteiger partial charge on any atom is 0.412 e. The lowest BCUT2D eigenvalue weighted by Crippen LogP contribution is -2.70. The summed E-state index contributed by atoms with van der Waals surface area (Å²) in [5, 5.41) is 39.0. The molecule has 1 heterocycles. The lowest BCUT2D eigenvalue weighted by atomic mass is 9.55. The van der Waals surface area contributed by atoms with Gasteiger partial charge in [0.05, 0.1) is 23.2 Å². The molecule has 3 aliphatic rings. The number of aliphatic hydroxyl groups excluding tert-OH is 2. The van der Waals surface area contributed by atoms with Crippen molar-refractivity contribution in [3.63, 3.8) is 0 Å². The monoisotopic (exact) mass is 930 g/mol. The molecule has 0 unspecified atom stereocenters. The van der Waals surface area contributed by atoms with Gasteiger partial charge >= 0.3 is 12.2 Å². The number of non-ortho nitro benzene ring substituents is 1. The SMILES string of the molecule is C=CCO[C@@]12Oc3ccc(OC(=O)NCc4ccccc4)cc3[C@H]3[C@H](CCCCO)[C@@H](CCCCO)C=C(C(=NOCc4ccc([N+](=O)[O-])cc4)C[C@@H]1N(CCC)C(=O)OCc1ccccc1)[C@H]32. The van der Waals surface area contributed by atoms with Gasteiger partial charge in [-0.1, -0.05) is 97.7 Å². The Bertz CT molecular complexity index is 2380. The van der Waals surface area contributed by atoms with E-state index < -0.39 is 34.9 Å². The van der Waals surface area contributed by atoms with Gasteiger partial charge in [0.25, 0.3) is 5.69 Å². The van der Waals surface area contributed by atoms with E-state index in [9.17, 15) is 29.9 Å². The summed E-state index contributed by atoms with van der Waals surface area (Å²) < 4.78 is 26.4. The third kappa shape index (κ3) is 11.8. The van der Waals surface area contributed by atoms with Crippen LogP contribution in [0.25, 0.3) is 0 Å². The number of hydrogen-bond acceptors (Lipinski definition) is 12. The standard InChI is InChI=1S/C53H62N4O11/c1-3-27-56(52(61)64-35-38-17-9-6-10-18-38)48-33-46(55-66-36-39-21-23-41(24-22-39)57(62)63)44-31-40(19-11-13-28-58)43(20-12-14-29-59)49-45-32-42(67-51(60)54-34-37-15-7-5-8-16-37)25-26-47(45)68-53(48,50(44)49)65-30-4-2/h4-10,15-18,21-26,31-32,40,43,48-50,58-59H,2-3,11-14,19-20,27-30,33-36H2,1H3,(H,54,60)/t40-,43+,48-,49+,50+,53+/m0/s1. The van der Waals surface area contributed by atoms with Crippen molar-refractivity contribution in [3.8, 4) is 11.5 Å². The van der Waals surface area contributed by atoms with Crippen molar-refractivity contribution in [3.05, 3.63) is 160 Å². The maximum absolute atomic E-state index is 14.6. The van der Waals surface area contributed by atoms with E-state index in [4.69, 9.17) is 28.9 Å². The van der Waals surface area contributed by atoms with Crippen molar-refractivity contribution in [1.29, 1.82) is 0 Å². The molecule has 4 aromatic rings. The highest BCUT2D eigenvalue weighted by Gasteiger charge is 2.65. The molecule has 0 aromatic heterocycles. The Hall–Kier alpha value is -6.55. The molecule has 2 aliphatic carbocycles. The van der Waals surface area contributed by atoms with Crippen molar-refractivity contribution < 1.29 is 48.5 Å². The number of aliphatic hydroxyl groups is 2. The van der Waals surface area contributed by atoms with E-state index in [1.54, 1.807) is 35.2 Å². The minimum absolute atomic E-state index is 0.0134. The van der Waals surface area contributed by atoms with Crippen molar-refractivity contribution in [2.75, 3.05) is 26.4 Å². The van der Waals surface area contributed by atoms with Gasteiger partial charge in [-0.15, -0.1) is 6.58 Å². The number of carbonyl (C=O) groups is 2. The average Bonchev–Trinajstić information content (AvgIpc) is 3.36. The van der Waals surface area contributed by atoms with Gasteiger partial charge in [-0.2, -0.15) is 0 Å². The second-order valence-corrected chi connectivity index (χ2v) is 17.4. The summed E-state index contributed by atoms with van der Waals surface area (Å²) in [4.78, 5) is 46.7. The zero-order valence-electron chi connectivity index (χ0n) is 38.6. The molecule has 15 nitrogen and oxygen atoms in total. The number of nitro benzene ring substituents is 1. The Kier molecular flexibility index (Phi) is 17.4. The Morgan fingerprint density at radius 3 is 2.29 bits per heavy atom. The lowest BCUT2D eigenvalue weighted by molar-refractivity contribution is -0.384. The van der Waals surface area contributed by atoms with Crippen molar-refractivity contribution in [2.24, 2.45) is 22.9 Å². The number of oxime groups is 1. The van der Waals surface area contributed by atoms with E-state index in [1.165, 1.54) is 12.1 Å². The molecule has 3 N–H and O–H groups in total. The van der Waals surface area contributed by atoms with Gasteiger partial charge in [-0.25, -0.2) is 9.59 Å². The highest BCUT2D eigenvalue weighted by Crippen LogP contribution is 2.62. The molecule has 360 valence electrons. The van der Waals surface area contributed by atoms with Gasteiger partial charge in [0, 0.05) is 56.3 Å². The van der Waals surface area contributed by atoms with Crippen molar-refractivity contribution >= 4 is 23.6 Å². The molecule has 6 atom stereocenters. The van der Waals surface area contributed by atoms with Crippen molar-refractivity contribution in [1.82, 2.24) is 10.2 Å². The topological polar surface area (TPSA) is 192 Å². The van der Waals surface area contributed by atoms with Gasteiger partial charge in [-0.3, -0.25) is 15.0 Å². The summed E-state index contributed by atoms with van der Waals surface area (Å²) >= 11 is 0. The number of nitrogens with zero attached hydrogens (tertiary/aromatic N) is 3. The molecule has 2 amide bonds. The number of carbonyl (C=O) groups excluding carboxylic acids is 2. The number of amides is 2. The molecular formula is C53H62N4O11. The van der Waals surface area contributed by atoms with Crippen LogP contribution in [-0.2, 0) is 34.1 Å². The fourth-order valence-corrected chi connectivity index (χ4v) is 9.94. The normalized spacial score (nSPS) is 21.8. The van der Waals surface area contributed by atoms with Crippen LogP contribution in [0.3, 0.4) is 0 Å². The number of ether oxygens (including phenoxy) is 4. The molecular weight excluding hydrogens is 869 g/mol. The molecule has 0 bridgehead atoms. The number of nitrogens with one attached hydrogen (secondary N) is 1. The second-order valence-electron chi connectivity index (χ2n) is 17.4. The van der Waals surface area contributed by atoms with Crippen LogP contribution in [0.15, 0.2) is 133 Å². The first-order valence-corrected chi connectivity index (χ1v) is 23.6. The Balaban J connectivity index is 1.37. The molecule has 0 radical (unpaired) electrons. The van der Waals surface area contributed by atoms with Crippen LogP contribution in [0.4, 0.5) is 15.3 Å². The first-order valence-electron chi connectivity index (χ1n) is 23.6. The Labute approximate surface area is 397 Å². The van der Waals surface area contributed by atoms with E-state index in [-0.39, 0.29) is 76.0 Å². The predicted octanol–water partition coefficient (Wildman–Crippen LogP) is 9.77. The zero-order valence-corrected chi connectivity index (χ0v) is 38.6. The summed E-state index contributed by atoms with van der Waals surface area (Å²) in [6.07, 6.45) is 7.53. The molecule has 1 saturated carbocycles. The number of unbranched alkanes of at least 4 members (excludes halogenated alkanes) is 2. The van der Waals surface area contributed by atoms with E-state index in [0.717, 1.165) is 41.5 Å². The van der Waals surface area contributed by atoms with E-state index in [0.29, 0.717) is 48.5 Å². The first kappa shape index (κ1) is 49.4. The van der Waals surface area contributed by atoms with E-state index in [1.807, 2.05) is 73.7 Å². The number of fused-ring (bicyclic) bond motifs is 2. The summed E-state index contributed by atoms with van der Waals surface area (Å²) in [5.74, 6) is -1.83. The molecule has 68 heavy (non-hydrogen) atoms. The minimum atomic E-state index is -1.53. The second kappa shape index (κ2) is 23.9.